The molecule has 1 atom stereocenters. The Kier molecular flexibility index (Phi) is 6.62. The van der Waals surface area contributed by atoms with Gasteiger partial charge in [0.05, 0.1) is 6.10 Å². The summed E-state index contributed by atoms with van der Waals surface area (Å²) in [5.41, 5.74) is 3.59. The van der Waals surface area contributed by atoms with Crippen molar-refractivity contribution in [1.82, 2.24) is 10.2 Å². The fourth-order valence-corrected chi connectivity index (χ4v) is 2.98. The molecule has 22 heavy (non-hydrogen) atoms. The Morgan fingerprint density at radius 1 is 1.32 bits per heavy atom. The van der Waals surface area contributed by atoms with Crippen molar-refractivity contribution in [3.63, 3.8) is 0 Å². The molecule has 1 saturated heterocycles. The summed E-state index contributed by atoms with van der Waals surface area (Å²) in [5, 5.41) is 13.9. The van der Waals surface area contributed by atoms with E-state index in [9.17, 15) is 5.11 Å². The molecule has 1 unspecified atom stereocenters. The van der Waals surface area contributed by atoms with Gasteiger partial charge in [-0.3, -0.25) is 4.90 Å². The van der Waals surface area contributed by atoms with Gasteiger partial charge in [0.25, 0.3) is 0 Å². The third kappa shape index (κ3) is 5.24. The van der Waals surface area contributed by atoms with Gasteiger partial charge in [-0.25, -0.2) is 0 Å². The SMILES string of the molecule is CC(C)=CCN1CCC(NCC(O)c2ccccc2C)CC1. The molecule has 0 spiro atoms. The third-order valence-electron chi connectivity index (χ3n) is 4.49. The van der Waals surface area contributed by atoms with Crippen LogP contribution in [0.1, 0.15) is 43.9 Å². The molecule has 1 aliphatic rings. The maximum atomic E-state index is 10.3. The van der Waals surface area contributed by atoms with Gasteiger partial charge in [0.15, 0.2) is 0 Å². The molecular weight excluding hydrogens is 272 g/mol. The first-order valence-corrected chi connectivity index (χ1v) is 8.39. The minimum Gasteiger partial charge on any atom is -0.387 e. The lowest BCUT2D eigenvalue weighted by atomic mass is 10.0. The van der Waals surface area contributed by atoms with Crippen LogP contribution in [0.15, 0.2) is 35.9 Å². The molecule has 0 aromatic heterocycles. The molecular formula is C19H30N2O. The maximum absolute atomic E-state index is 10.3. The average Bonchev–Trinajstić information content (AvgIpc) is 2.52. The highest BCUT2D eigenvalue weighted by atomic mass is 16.3. The van der Waals surface area contributed by atoms with E-state index in [1.807, 2.05) is 18.2 Å². The van der Waals surface area contributed by atoms with Gasteiger partial charge >= 0.3 is 0 Å². The molecule has 0 bridgehead atoms. The number of rotatable bonds is 6. The topological polar surface area (TPSA) is 35.5 Å². The van der Waals surface area contributed by atoms with E-state index in [0.29, 0.717) is 12.6 Å². The summed E-state index contributed by atoms with van der Waals surface area (Å²) < 4.78 is 0. The predicted molar refractivity (Wildman–Crippen MR) is 93.0 cm³/mol. The van der Waals surface area contributed by atoms with Crippen molar-refractivity contribution in [3.8, 4) is 0 Å². The zero-order chi connectivity index (χ0) is 15.9. The Labute approximate surface area is 135 Å². The standard InChI is InChI=1S/C19H30N2O/c1-15(2)8-11-21-12-9-17(10-13-21)20-14-19(22)18-7-5-4-6-16(18)3/h4-8,17,19-20,22H,9-14H2,1-3H3. The van der Waals surface area contributed by atoms with Crippen molar-refractivity contribution in [2.75, 3.05) is 26.2 Å². The van der Waals surface area contributed by atoms with Crippen LogP contribution >= 0.6 is 0 Å². The number of nitrogens with zero attached hydrogens (tertiary/aromatic N) is 1. The first-order valence-electron chi connectivity index (χ1n) is 8.39. The summed E-state index contributed by atoms with van der Waals surface area (Å²) in [6, 6.07) is 8.61. The molecule has 1 aromatic rings. The normalized spacial score (nSPS) is 18.2. The summed E-state index contributed by atoms with van der Waals surface area (Å²) in [7, 11) is 0. The summed E-state index contributed by atoms with van der Waals surface area (Å²) >= 11 is 0. The van der Waals surface area contributed by atoms with E-state index in [4.69, 9.17) is 0 Å². The van der Waals surface area contributed by atoms with Gasteiger partial charge in [0, 0.05) is 19.1 Å². The fraction of sp³-hybridized carbons (Fsp3) is 0.579. The van der Waals surface area contributed by atoms with E-state index in [1.54, 1.807) is 0 Å². The number of likely N-dealkylation sites (tertiary alicyclic amines) is 1. The van der Waals surface area contributed by atoms with Crippen LogP contribution in [0.5, 0.6) is 0 Å². The van der Waals surface area contributed by atoms with Gasteiger partial charge in [-0.2, -0.15) is 0 Å². The molecule has 2 rings (SSSR count). The molecule has 0 aliphatic carbocycles. The number of aliphatic hydroxyl groups excluding tert-OH is 1. The minimum atomic E-state index is -0.412. The van der Waals surface area contributed by atoms with E-state index in [1.165, 1.54) is 5.57 Å². The summed E-state index contributed by atoms with van der Waals surface area (Å²) in [5.74, 6) is 0. The highest BCUT2D eigenvalue weighted by molar-refractivity contribution is 5.27. The van der Waals surface area contributed by atoms with Crippen LogP contribution in [0.3, 0.4) is 0 Å². The van der Waals surface area contributed by atoms with Gasteiger partial charge < -0.3 is 10.4 Å². The van der Waals surface area contributed by atoms with E-state index in [2.05, 4.69) is 43.1 Å². The molecule has 1 heterocycles. The van der Waals surface area contributed by atoms with Crippen LogP contribution in [0.2, 0.25) is 0 Å². The molecule has 0 radical (unpaired) electrons. The van der Waals surface area contributed by atoms with Crippen LogP contribution in [0.25, 0.3) is 0 Å². The summed E-state index contributed by atoms with van der Waals surface area (Å²) in [6.45, 7) is 10.4. The Morgan fingerprint density at radius 3 is 2.64 bits per heavy atom. The van der Waals surface area contributed by atoms with Gasteiger partial charge in [0.1, 0.15) is 0 Å². The number of aliphatic hydroxyl groups is 1. The van der Waals surface area contributed by atoms with Crippen molar-refractivity contribution >= 4 is 0 Å². The second-order valence-corrected chi connectivity index (χ2v) is 6.64. The van der Waals surface area contributed by atoms with Gasteiger partial charge in [0.2, 0.25) is 0 Å². The predicted octanol–water partition coefficient (Wildman–Crippen LogP) is 3.05. The number of hydrogen-bond donors (Lipinski definition) is 2. The fourth-order valence-electron chi connectivity index (χ4n) is 2.98. The monoisotopic (exact) mass is 302 g/mol. The van der Waals surface area contributed by atoms with E-state index in [-0.39, 0.29) is 0 Å². The van der Waals surface area contributed by atoms with Crippen molar-refractivity contribution in [1.29, 1.82) is 0 Å². The average molecular weight is 302 g/mol. The van der Waals surface area contributed by atoms with Gasteiger partial charge in [-0.1, -0.05) is 35.9 Å². The lowest BCUT2D eigenvalue weighted by Gasteiger charge is -2.32. The Balaban J connectivity index is 1.73. The molecule has 3 nitrogen and oxygen atoms in total. The number of piperidine rings is 1. The van der Waals surface area contributed by atoms with Gasteiger partial charge in [-0.15, -0.1) is 0 Å². The number of allylic oxidation sites excluding steroid dienone is 1. The highest BCUT2D eigenvalue weighted by Gasteiger charge is 2.19. The number of benzene rings is 1. The lowest BCUT2D eigenvalue weighted by molar-refractivity contribution is 0.154. The Morgan fingerprint density at radius 2 is 2.00 bits per heavy atom. The smallest absolute Gasteiger partial charge is 0.0917 e. The van der Waals surface area contributed by atoms with Crippen LogP contribution in [0.4, 0.5) is 0 Å². The summed E-state index contributed by atoms with van der Waals surface area (Å²) in [6.07, 6.45) is 4.22. The van der Waals surface area contributed by atoms with Gasteiger partial charge in [-0.05, 0) is 57.8 Å². The quantitative estimate of drug-likeness (QED) is 0.793. The second-order valence-electron chi connectivity index (χ2n) is 6.64. The molecule has 122 valence electrons. The number of hydrogen-bond acceptors (Lipinski definition) is 3. The second kappa shape index (κ2) is 8.47. The zero-order valence-electron chi connectivity index (χ0n) is 14.2. The Bertz CT molecular complexity index is 486. The van der Waals surface area contributed by atoms with Crippen molar-refractivity contribution in [2.24, 2.45) is 0 Å². The van der Waals surface area contributed by atoms with Crippen molar-refractivity contribution in [3.05, 3.63) is 47.0 Å². The number of nitrogens with one attached hydrogen (secondary N) is 1. The number of aryl methyl sites for hydroxylation is 1. The molecule has 3 heteroatoms. The van der Waals surface area contributed by atoms with Crippen LogP contribution < -0.4 is 5.32 Å². The molecule has 0 saturated carbocycles. The largest absolute Gasteiger partial charge is 0.387 e. The molecule has 2 N–H and O–H groups in total. The van der Waals surface area contributed by atoms with Crippen LogP contribution in [-0.2, 0) is 0 Å². The molecule has 1 fully saturated rings. The van der Waals surface area contributed by atoms with Crippen molar-refractivity contribution in [2.45, 2.75) is 45.8 Å². The van der Waals surface area contributed by atoms with E-state index in [0.717, 1.165) is 43.6 Å². The summed E-state index contributed by atoms with van der Waals surface area (Å²) in [4.78, 5) is 2.50. The van der Waals surface area contributed by atoms with E-state index >= 15 is 0 Å². The molecule has 1 aromatic carbocycles. The molecule has 0 amide bonds. The first-order chi connectivity index (χ1) is 10.6. The van der Waals surface area contributed by atoms with Crippen LogP contribution in [0, 0.1) is 6.92 Å². The Hall–Kier alpha value is -1.16. The molecule has 1 aliphatic heterocycles. The first kappa shape index (κ1) is 17.2. The lowest BCUT2D eigenvalue weighted by Crippen LogP contribution is -2.43. The van der Waals surface area contributed by atoms with Crippen LogP contribution in [-0.4, -0.2) is 42.2 Å². The highest BCUT2D eigenvalue weighted by Crippen LogP contribution is 2.17. The van der Waals surface area contributed by atoms with E-state index < -0.39 is 6.10 Å². The zero-order valence-corrected chi connectivity index (χ0v) is 14.2. The van der Waals surface area contributed by atoms with Crippen molar-refractivity contribution < 1.29 is 5.11 Å². The minimum absolute atomic E-state index is 0.412. The third-order valence-corrected chi connectivity index (χ3v) is 4.49. The maximum Gasteiger partial charge on any atom is 0.0917 e.